The van der Waals surface area contributed by atoms with Crippen LogP contribution in [0.2, 0.25) is 0 Å². The largest absolute Gasteiger partial charge is 0.493 e. The van der Waals surface area contributed by atoms with Crippen LogP contribution < -0.4 is 14.8 Å². The second-order valence-electron chi connectivity index (χ2n) is 8.17. The summed E-state index contributed by atoms with van der Waals surface area (Å²) in [5, 5.41) is 3.29. The fraction of sp³-hybridized carbons (Fsp3) is 0.522. The fourth-order valence-electron chi connectivity index (χ4n) is 3.92. The molecule has 1 aromatic carbocycles. The average Bonchev–Trinajstić information content (AvgIpc) is 3.40. The number of ether oxygens (including phenoxy) is 2. The highest BCUT2D eigenvalue weighted by atomic mass is 35.5. The Labute approximate surface area is 190 Å². The molecule has 2 heterocycles. The van der Waals surface area contributed by atoms with Gasteiger partial charge in [-0.25, -0.2) is 15.0 Å². The van der Waals surface area contributed by atoms with Crippen LogP contribution in [0.15, 0.2) is 24.5 Å². The summed E-state index contributed by atoms with van der Waals surface area (Å²) in [6.07, 6.45) is 6.81. The SMILES string of the molecule is CCNc1ncn(Cc2ccc(OC)c(OC3CCCC3)c2)c2nc(C(C)C)nc1-2.Cl. The predicted molar refractivity (Wildman–Crippen MR) is 125 cm³/mol. The zero-order chi connectivity index (χ0) is 21.1. The first kappa shape index (κ1) is 23.1. The molecule has 1 aromatic rings. The highest BCUT2D eigenvalue weighted by Crippen LogP contribution is 2.34. The maximum atomic E-state index is 6.26. The summed E-state index contributed by atoms with van der Waals surface area (Å²) in [5.41, 5.74) is 1.93. The van der Waals surface area contributed by atoms with Gasteiger partial charge in [0, 0.05) is 12.5 Å². The zero-order valence-corrected chi connectivity index (χ0v) is 19.5. The van der Waals surface area contributed by atoms with E-state index >= 15 is 0 Å². The van der Waals surface area contributed by atoms with E-state index in [9.17, 15) is 0 Å². The van der Waals surface area contributed by atoms with Crippen LogP contribution >= 0.6 is 12.4 Å². The zero-order valence-electron chi connectivity index (χ0n) is 18.7. The molecule has 0 spiro atoms. The summed E-state index contributed by atoms with van der Waals surface area (Å²) in [4.78, 5) is 14.1. The Balaban J connectivity index is 0.00000272. The van der Waals surface area contributed by atoms with Crippen molar-refractivity contribution < 1.29 is 9.47 Å². The van der Waals surface area contributed by atoms with Gasteiger partial charge >= 0.3 is 0 Å². The molecule has 8 heteroatoms. The minimum absolute atomic E-state index is 0. The van der Waals surface area contributed by atoms with E-state index < -0.39 is 0 Å². The number of imidazole rings is 1. The lowest BCUT2D eigenvalue weighted by atomic mass is 10.2. The van der Waals surface area contributed by atoms with Crippen LogP contribution in [0.25, 0.3) is 11.5 Å². The Kier molecular flexibility index (Phi) is 7.59. The molecule has 0 aromatic heterocycles. The van der Waals surface area contributed by atoms with Crippen molar-refractivity contribution in [2.45, 2.75) is 65.0 Å². The van der Waals surface area contributed by atoms with Gasteiger partial charge in [-0.05, 0) is 50.3 Å². The molecule has 0 amide bonds. The van der Waals surface area contributed by atoms with Gasteiger partial charge in [-0.3, -0.25) is 0 Å². The number of benzene rings is 1. The second kappa shape index (κ2) is 10.2. The van der Waals surface area contributed by atoms with Crippen LogP contribution in [-0.4, -0.2) is 39.3 Å². The van der Waals surface area contributed by atoms with Gasteiger partial charge in [-0.2, -0.15) is 0 Å². The van der Waals surface area contributed by atoms with Gasteiger partial charge in [0.25, 0.3) is 0 Å². The molecule has 31 heavy (non-hydrogen) atoms. The first-order valence-corrected chi connectivity index (χ1v) is 10.9. The van der Waals surface area contributed by atoms with Crippen LogP contribution in [0.5, 0.6) is 11.5 Å². The van der Waals surface area contributed by atoms with E-state index in [1.807, 2.05) is 12.4 Å². The number of nitrogens with zero attached hydrogens (tertiary/aromatic N) is 4. The lowest BCUT2D eigenvalue weighted by Crippen LogP contribution is -2.13. The molecule has 0 unspecified atom stereocenters. The molecule has 1 saturated carbocycles. The minimum Gasteiger partial charge on any atom is -0.493 e. The van der Waals surface area contributed by atoms with E-state index in [2.05, 4.69) is 47.8 Å². The summed E-state index contributed by atoms with van der Waals surface area (Å²) >= 11 is 0. The van der Waals surface area contributed by atoms with Gasteiger partial charge < -0.3 is 19.4 Å². The molecule has 2 aliphatic heterocycles. The first-order valence-electron chi connectivity index (χ1n) is 10.9. The van der Waals surface area contributed by atoms with Crippen molar-refractivity contribution in [1.82, 2.24) is 19.5 Å². The number of nitrogens with one attached hydrogen (secondary N) is 1. The third-order valence-corrected chi connectivity index (χ3v) is 5.52. The summed E-state index contributed by atoms with van der Waals surface area (Å²) in [7, 11) is 1.69. The molecule has 4 rings (SSSR count). The second-order valence-corrected chi connectivity index (χ2v) is 8.17. The van der Waals surface area contributed by atoms with Crippen LogP contribution in [-0.2, 0) is 6.54 Å². The number of anilines is 1. The Hall–Kier alpha value is -2.54. The Morgan fingerprint density at radius 2 is 1.94 bits per heavy atom. The number of halogens is 1. The standard InChI is InChI=1S/C23H31N5O2.ClH/c1-5-24-22-20-23(27-21(26-20)15(2)3)28(14-25-22)13-16-10-11-18(29-4)19(12-16)30-17-8-6-7-9-17;/h10-12,14-15,17,24H,5-9,13H2,1-4H3;1H. The van der Waals surface area contributed by atoms with Crippen molar-refractivity contribution >= 4 is 18.2 Å². The fourth-order valence-corrected chi connectivity index (χ4v) is 3.92. The number of hydrogen-bond acceptors (Lipinski definition) is 6. The molecule has 0 radical (unpaired) electrons. The number of rotatable bonds is 8. The van der Waals surface area contributed by atoms with E-state index in [4.69, 9.17) is 19.4 Å². The van der Waals surface area contributed by atoms with Gasteiger partial charge in [0.15, 0.2) is 28.8 Å². The van der Waals surface area contributed by atoms with Gasteiger partial charge in [-0.1, -0.05) is 19.9 Å². The maximum Gasteiger partial charge on any atom is 0.166 e. The Bertz CT molecular complexity index is 969. The highest BCUT2D eigenvalue weighted by Gasteiger charge is 2.22. The molecular weight excluding hydrogens is 414 g/mol. The lowest BCUT2D eigenvalue weighted by molar-refractivity contribution is 0.200. The van der Waals surface area contributed by atoms with E-state index in [-0.39, 0.29) is 24.4 Å². The molecule has 0 saturated heterocycles. The summed E-state index contributed by atoms with van der Waals surface area (Å²) in [6.45, 7) is 7.69. The molecule has 1 fully saturated rings. The Morgan fingerprint density at radius 1 is 1.16 bits per heavy atom. The number of aromatic nitrogens is 4. The first-order chi connectivity index (χ1) is 14.6. The van der Waals surface area contributed by atoms with Crippen molar-refractivity contribution in [2.24, 2.45) is 0 Å². The van der Waals surface area contributed by atoms with Crippen LogP contribution in [0.3, 0.4) is 0 Å². The van der Waals surface area contributed by atoms with Crippen LogP contribution in [0.4, 0.5) is 5.82 Å². The Morgan fingerprint density at radius 3 is 2.61 bits per heavy atom. The molecule has 7 nitrogen and oxygen atoms in total. The van der Waals surface area contributed by atoms with E-state index in [1.54, 1.807) is 7.11 Å². The quantitative estimate of drug-likeness (QED) is 0.517. The van der Waals surface area contributed by atoms with Crippen molar-refractivity contribution in [1.29, 1.82) is 0 Å². The monoisotopic (exact) mass is 445 g/mol. The third-order valence-electron chi connectivity index (χ3n) is 5.52. The minimum atomic E-state index is 0. The smallest absolute Gasteiger partial charge is 0.166 e. The van der Waals surface area contributed by atoms with Gasteiger partial charge in [0.1, 0.15) is 5.82 Å². The normalized spacial score (nSPS) is 14.1. The van der Waals surface area contributed by atoms with Crippen molar-refractivity contribution in [3.63, 3.8) is 0 Å². The predicted octanol–water partition coefficient (Wildman–Crippen LogP) is 5.13. The maximum absolute atomic E-state index is 6.26. The molecular formula is C23H32ClN5O2. The number of fused-ring (bicyclic) bond motifs is 1. The molecule has 0 bridgehead atoms. The number of hydrogen-bond donors (Lipinski definition) is 1. The molecule has 168 valence electrons. The molecule has 1 aliphatic carbocycles. The van der Waals surface area contributed by atoms with Gasteiger partial charge in [0.05, 0.1) is 26.1 Å². The molecule has 0 atom stereocenters. The topological polar surface area (TPSA) is 74.1 Å². The third kappa shape index (κ3) is 5.03. The number of methoxy groups -OCH3 is 1. The lowest BCUT2D eigenvalue weighted by Gasteiger charge is -2.18. The van der Waals surface area contributed by atoms with E-state index in [0.29, 0.717) is 6.54 Å². The average molecular weight is 446 g/mol. The van der Waals surface area contributed by atoms with Gasteiger partial charge in [0.2, 0.25) is 0 Å². The summed E-state index contributed by atoms with van der Waals surface area (Å²) in [6, 6.07) is 6.12. The van der Waals surface area contributed by atoms with Crippen molar-refractivity contribution in [3.8, 4) is 23.0 Å². The van der Waals surface area contributed by atoms with E-state index in [0.717, 1.165) is 59.6 Å². The van der Waals surface area contributed by atoms with Crippen LogP contribution in [0.1, 0.15) is 63.8 Å². The van der Waals surface area contributed by atoms with Crippen molar-refractivity contribution in [3.05, 3.63) is 35.9 Å². The van der Waals surface area contributed by atoms with Crippen LogP contribution in [0, 0.1) is 0 Å². The van der Waals surface area contributed by atoms with Crippen molar-refractivity contribution in [2.75, 3.05) is 19.0 Å². The molecule has 1 N–H and O–H groups in total. The summed E-state index contributed by atoms with van der Waals surface area (Å²) < 4.78 is 13.8. The summed E-state index contributed by atoms with van der Waals surface area (Å²) in [5.74, 6) is 4.31. The highest BCUT2D eigenvalue weighted by molar-refractivity contribution is 5.85. The van der Waals surface area contributed by atoms with E-state index in [1.165, 1.54) is 12.8 Å². The molecule has 3 aliphatic rings. The van der Waals surface area contributed by atoms with Gasteiger partial charge in [-0.15, -0.1) is 12.4 Å².